The van der Waals surface area contributed by atoms with E-state index < -0.39 is 65.5 Å². The Bertz CT molecular complexity index is 3220. The standard InChI is InChI=1S/C16H21N3O5.C12H16N2O3.C12H12N2O3.C11H14N2O3.C10H12N2O3/c1-2-10-24-16(23)18-9-3-4-13(17)14(20)19-12-7-5-11(6-8-12)15(21)22;1-7(2)10(13)11(15)14-9-5-3-8(4-6-9)12(16)17;1-2-3-10(13)11(15)14-9-6-4-8(5-7-9)12(16)17;1-11(2,12)10(16)13-8-5-3-7(4-6-8)9(14)15;11-6-5-9(13)12-8-3-1-7(2-4-8)10(14)15/h2,5-8,13H,1,3-4,9-10,17H2,(H,18,23)(H,19,20)(H,21,22);3-7,10H,13H2,1-2H3,(H,14,15)(H,16,17);1,4-7,10H,3,13H2,(H,14,15)(H,16,17);3-6H,12H2,1-2H3,(H,13,16)(H,14,15);1-4H,5-6,11H2,(H,12,13)(H,14,15)/t13-;2*10-;;/m000../s1. The minimum Gasteiger partial charge on any atom is -0.478 e. The van der Waals surface area contributed by atoms with Crippen LogP contribution in [0.15, 0.2) is 134 Å². The van der Waals surface area contributed by atoms with Crippen LogP contribution in [-0.4, -0.2) is 134 Å². The zero-order valence-electron chi connectivity index (χ0n) is 49.2. The van der Waals surface area contributed by atoms with E-state index in [1.165, 1.54) is 127 Å². The Morgan fingerprint density at radius 1 is 0.551 bits per heavy atom. The van der Waals surface area contributed by atoms with E-state index in [4.69, 9.17) is 65.4 Å². The van der Waals surface area contributed by atoms with Gasteiger partial charge in [-0.05, 0) is 154 Å². The highest BCUT2D eigenvalue weighted by Crippen LogP contribution is 2.15. The highest BCUT2D eigenvalue weighted by molar-refractivity contribution is 5.99. The van der Waals surface area contributed by atoms with E-state index >= 15 is 0 Å². The second kappa shape index (κ2) is 39.7. The van der Waals surface area contributed by atoms with Gasteiger partial charge in [-0.15, -0.1) is 12.3 Å². The number of benzene rings is 5. The monoisotopic (exact) mass is 1230 g/mol. The smallest absolute Gasteiger partial charge is 0.407 e. The fourth-order valence-corrected chi connectivity index (χ4v) is 6.17. The van der Waals surface area contributed by atoms with E-state index in [0.29, 0.717) is 54.4 Å². The maximum absolute atomic E-state index is 11.9. The van der Waals surface area contributed by atoms with E-state index in [-0.39, 0.29) is 76.8 Å². The Hall–Kier alpha value is -10.8. The van der Waals surface area contributed by atoms with Gasteiger partial charge in [-0.3, -0.25) is 24.0 Å². The lowest BCUT2D eigenvalue weighted by Gasteiger charge is -2.17. The van der Waals surface area contributed by atoms with Gasteiger partial charge in [0.15, 0.2) is 0 Å². The highest BCUT2D eigenvalue weighted by atomic mass is 16.5. The Balaban J connectivity index is 0.000000562. The van der Waals surface area contributed by atoms with Gasteiger partial charge in [0.1, 0.15) is 6.61 Å². The van der Waals surface area contributed by atoms with Gasteiger partial charge in [0.25, 0.3) is 0 Å². The van der Waals surface area contributed by atoms with Crippen LogP contribution in [0.5, 0.6) is 0 Å². The molecule has 476 valence electrons. The van der Waals surface area contributed by atoms with Crippen molar-refractivity contribution >= 4 is 93.9 Å². The van der Waals surface area contributed by atoms with Crippen LogP contribution in [0, 0.1) is 18.3 Å². The van der Waals surface area contributed by atoms with Gasteiger partial charge >= 0.3 is 35.9 Å². The van der Waals surface area contributed by atoms with E-state index in [1.807, 2.05) is 13.8 Å². The number of alkyl carbamates (subject to hydrolysis) is 1. The van der Waals surface area contributed by atoms with Crippen molar-refractivity contribution in [3.63, 3.8) is 0 Å². The number of terminal acetylenes is 1. The maximum atomic E-state index is 11.9. The molecule has 5 aromatic rings. The zero-order chi connectivity index (χ0) is 67.4. The Labute approximate surface area is 512 Å². The van der Waals surface area contributed by atoms with Gasteiger partial charge in [0, 0.05) is 54.4 Å². The number of aromatic carboxylic acids is 5. The molecule has 21 N–H and O–H groups in total. The fourth-order valence-electron chi connectivity index (χ4n) is 6.17. The summed E-state index contributed by atoms with van der Waals surface area (Å²) in [4.78, 5) is 122. The number of carbonyl (C=O) groups is 11. The van der Waals surface area contributed by atoms with E-state index in [9.17, 15) is 52.7 Å². The number of carboxylic acid groups (broad SMARTS) is 5. The first kappa shape index (κ1) is 76.2. The number of nitrogens with two attached hydrogens (primary N) is 5. The first-order valence-electron chi connectivity index (χ1n) is 26.7. The maximum Gasteiger partial charge on any atom is 0.407 e. The molecule has 0 aromatic heterocycles. The number of hydrogen-bond acceptors (Lipinski definition) is 17. The number of anilines is 5. The third-order valence-electron chi connectivity index (χ3n) is 11.3. The molecule has 0 saturated carbocycles. The number of hydrogen-bond donors (Lipinski definition) is 16. The lowest BCUT2D eigenvalue weighted by atomic mass is 10.0. The molecule has 89 heavy (non-hydrogen) atoms. The topological polar surface area (TPSA) is 500 Å². The average Bonchev–Trinajstić information content (AvgIpc) is 3.66. The molecule has 5 aromatic carbocycles. The van der Waals surface area contributed by atoms with Crippen LogP contribution >= 0.6 is 0 Å². The molecule has 3 atom stereocenters. The van der Waals surface area contributed by atoms with Gasteiger partial charge in [-0.2, -0.15) is 0 Å². The molecule has 0 radical (unpaired) electrons. The van der Waals surface area contributed by atoms with Crippen molar-refractivity contribution in [2.45, 2.75) is 77.0 Å². The molecule has 0 heterocycles. The first-order chi connectivity index (χ1) is 41.8. The van der Waals surface area contributed by atoms with Gasteiger partial charge in [0.05, 0.1) is 51.5 Å². The average molecular weight is 1230 g/mol. The molecular formula is C61H75N11O17. The van der Waals surface area contributed by atoms with Crippen molar-refractivity contribution in [3.8, 4) is 12.3 Å². The molecule has 0 unspecified atom stereocenters. The molecule has 0 aliphatic rings. The number of amides is 6. The highest BCUT2D eigenvalue weighted by Gasteiger charge is 2.22. The summed E-state index contributed by atoms with van der Waals surface area (Å²) < 4.78 is 4.73. The van der Waals surface area contributed by atoms with Gasteiger partial charge in [-0.1, -0.05) is 26.5 Å². The van der Waals surface area contributed by atoms with Gasteiger partial charge in [0.2, 0.25) is 29.5 Å². The number of carboxylic acids is 5. The summed E-state index contributed by atoms with van der Waals surface area (Å²) >= 11 is 0. The van der Waals surface area contributed by atoms with Crippen molar-refractivity contribution in [2.24, 2.45) is 34.6 Å². The Morgan fingerprint density at radius 2 is 0.876 bits per heavy atom. The summed E-state index contributed by atoms with van der Waals surface area (Å²) in [6.07, 6.45) is 7.24. The lowest BCUT2D eigenvalue weighted by molar-refractivity contribution is -0.120. The number of carbonyl (C=O) groups excluding carboxylic acids is 6. The van der Waals surface area contributed by atoms with Gasteiger partial charge in [-0.25, -0.2) is 28.8 Å². The largest absolute Gasteiger partial charge is 0.478 e. The van der Waals surface area contributed by atoms with Crippen LogP contribution in [0.3, 0.4) is 0 Å². The third kappa shape index (κ3) is 31.2. The summed E-state index contributed by atoms with van der Waals surface area (Å²) in [5.41, 5.74) is 30.2. The number of rotatable bonds is 24. The van der Waals surface area contributed by atoms with Crippen LogP contribution in [-0.2, 0) is 28.7 Å². The molecular weight excluding hydrogens is 1160 g/mol. The Kier molecular flexibility index (Phi) is 34.0. The second-order valence-corrected chi connectivity index (χ2v) is 19.5. The molecule has 0 bridgehead atoms. The molecule has 0 aliphatic carbocycles. The summed E-state index contributed by atoms with van der Waals surface area (Å²) in [6, 6.07) is 27.2. The predicted molar refractivity (Wildman–Crippen MR) is 333 cm³/mol. The van der Waals surface area contributed by atoms with E-state index in [0.717, 1.165) is 0 Å². The molecule has 28 heteroatoms. The fraction of sp³-hybridized carbons (Fsp3) is 0.262. The number of ether oxygens (including phenoxy) is 1. The summed E-state index contributed by atoms with van der Waals surface area (Å²) in [7, 11) is 0. The predicted octanol–water partition coefficient (Wildman–Crippen LogP) is 5.06. The van der Waals surface area contributed by atoms with Crippen LogP contribution in [0.25, 0.3) is 0 Å². The normalized spacial score (nSPS) is 11.1. The second-order valence-electron chi connectivity index (χ2n) is 19.5. The molecule has 0 aliphatic heterocycles. The van der Waals surface area contributed by atoms with Crippen LogP contribution in [0.1, 0.15) is 105 Å². The van der Waals surface area contributed by atoms with Crippen molar-refractivity contribution < 1.29 is 83.0 Å². The van der Waals surface area contributed by atoms with Crippen LogP contribution in [0.4, 0.5) is 33.2 Å². The molecule has 0 fully saturated rings. The summed E-state index contributed by atoms with van der Waals surface area (Å²) in [6.45, 7) is 11.1. The van der Waals surface area contributed by atoms with E-state index in [2.05, 4.69) is 44.4 Å². The Morgan fingerprint density at radius 3 is 1.18 bits per heavy atom. The van der Waals surface area contributed by atoms with Crippen molar-refractivity contribution in [1.82, 2.24) is 5.32 Å². The van der Waals surface area contributed by atoms with Crippen LogP contribution < -0.4 is 60.6 Å². The molecule has 0 saturated heterocycles. The lowest BCUT2D eigenvalue weighted by Crippen LogP contribution is -2.45. The third-order valence-corrected chi connectivity index (χ3v) is 11.3. The van der Waals surface area contributed by atoms with Crippen molar-refractivity contribution in [1.29, 1.82) is 0 Å². The molecule has 6 amide bonds. The minimum absolute atomic E-state index is 0.0493. The summed E-state index contributed by atoms with van der Waals surface area (Å²) in [5, 5.41) is 59.0. The molecule has 5 rings (SSSR count). The first-order valence-corrected chi connectivity index (χ1v) is 26.7. The molecule has 0 spiro atoms. The SMILES string of the molecule is C#CC[C@H](N)C(=O)Nc1ccc(C(=O)O)cc1.C=CCOC(=O)NCCC[C@H](N)C(=O)Nc1ccc(C(=O)O)cc1.CC(C)(N)C(=O)Nc1ccc(C(=O)O)cc1.CC(C)[C@H](N)C(=O)Nc1ccc(C(=O)O)cc1.NCCC(=O)Nc1ccc(C(=O)O)cc1. The molecule has 28 nitrogen and oxygen atoms in total. The van der Waals surface area contributed by atoms with Crippen LogP contribution in [0.2, 0.25) is 0 Å². The zero-order valence-corrected chi connectivity index (χ0v) is 49.2. The van der Waals surface area contributed by atoms with E-state index in [1.54, 1.807) is 13.8 Å². The minimum atomic E-state index is -1.04. The number of nitrogens with one attached hydrogen (secondary N) is 6. The summed E-state index contributed by atoms with van der Waals surface area (Å²) in [5.74, 6) is -4.27. The van der Waals surface area contributed by atoms with Crippen molar-refractivity contribution in [2.75, 3.05) is 46.3 Å². The quantitative estimate of drug-likeness (QED) is 0.0218. The van der Waals surface area contributed by atoms with Gasteiger partial charge < -0.3 is 90.8 Å². The van der Waals surface area contributed by atoms with Crippen molar-refractivity contribution in [3.05, 3.63) is 162 Å².